The minimum atomic E-state index is 0.715. The van der Waals surface area contributed by atoms with E-state index in [0.29, 0.717) is 6.54 Å². The molecule has 0 aliphatic carbocycles. The van der Waals surface area contributed by atoms with Gasteiger partial charge in [0.25, 0.3) is 0 Å². The highest BCUT2D eigenvalue weighted by Gasteiger charge is 2.08. The summed E-state index contributed by atoms with van der Waals surface area (Å²) in [6.07, 6.45) is 5.03. The van der Waals surface area contributed by atoms with Crippen LogP contribution in [-0.2, 0) is 6.54 Å². The first-order valence-electron chi connectivity index (χ1n) is 6.08. The predicted molar refractivity (Wildman–Crippen MR) is 83.3 cm³/mol. The molecule has 1 aromatic carbocycles. The van der Waals surface area contributed by atoms with Crippen LogP contribution in [0.2, 0.25) is 5.02 Å². The Morgan fingerprint density at radius 1 is 1.33 bits per heavy atom. The molecule has 0 bridgehead atoms. The summed E-state index contributed by atoms with van der Waals surface area (Å²) in [5, 5.41) is 8.02. The maximum atomic E-state index is 6.11. The van der Waals surface area contributed by atoms with E-state index >= 15 is 0 Å². The Morgan fingerprint density at radius 2 is 2.06 bits per heavy atom. The SMILES string of the molecule is CC.Clc1ccccc1CN1C=CCC(CBr)=N1. The molecule has 1 aromatic rings. The van der Waals surface area contributed by atoms with Crippen molar-refractivity contribution in [2.75, 3.05) is 5.33 Å². The van der Waals surface area contributed by atoms with E-state index in [4.69, 9.17) is 11.6 Å². The van der Waals surface area contributed by atoms with Crippen LogP contribution < -0.4 is 0 Å². The maximum absolute atomic E-state index is 6.11. The van der Waals surface area contributed by atoms with Crippen molar-refractivity contribution < 1.29 is 0 Å². The van der Waals surface area contributed by atoms with Crippen molar-refractivity contribution in [2.45, 2.75) is 26.8 Å². The summed E-state index contributed by atoms with van der Waals surface area (Å²) in [4.78, 5) is 0. The number of benzene rings is 1. The van der Waals surface area contributed by atoms with Crippen LogP contribution >= 0.6 is 27.5 Å². The molecule has 1 aliphatic rings. The van der Waals surface area contributed by atoms with Gasteiger partial charge in [-0.1, -0.05) is 65.7 Å². The second-order valence-electron chi connectivity index (χ2n) is 3.58. The van der Waals surface area contributed by atoms with E-state index in [0.717, 1.165) is 28.0 Å². The molecule has 0 saturated carbocycles. The number of allylic oxidation sites excluding steroid dienone is 1. The molecule has 0 saturated heterocycles. The average molecular weight is 330 g/mol. The molecular formula is C14H18BrClN2. The molecule has 1 aliphatic heterocycles. The topological polar surface area (TPSA) is 15.6 Å². The Balaban J connectivity index is 0.000000771. The molecule has 1 heterocycles. The molecule has 18 heavy (non-hydrogen) atoms. The lowest BCUT2D eigenvalue weighted by Crippen LogP contribution is -2.17. The van der Waals surface area contributed by atoms with Crippen molar-refractivity contribution in [3.05, 3.63) is 47.1 Å². The summed E-state index contributed by atoms with van der Waals surface area (Å²) >= 11 is 9.53. The maximum Gasteiger partial charge on any atom is 0.0673 e. The summed E-state index contributed by atoms with van der Waals surface area (Å²) < 4.78 is 0. The van der Waals surface area contributed by atoms with Crippen LogP contribution in [0.15, 0.2) is 41.6 Å². The molecule has 0 N–H and O–H groups in total. The van der Waals surface area contributed by atoms with Crippen LogP contribution in [0.1, 0.15) is 25.8 Å². The third-order valence-corrected chi connectivity index (χ3v) is 3.36. The first-order chi connectivity index (χ1) is 8.79. The van der Waals surface area contributed by atoms with E-state index < -0.39 is 0 Å². The normalized spacial score (nSPS) is 13.8. The highest BCUT2D eigenvalue weighted by molar-refractivity contribution is 9.09. The Bertz CT molecular complexity index is 430. The minimum Gasteiger partial charge on any atom is -0.269 e. The van der Waals surface area contributed by atoms with Crippen LogP contribution in [0.5, 0.6) is 0 Å². The van der Waals surface area contributed by atoms with E-state index in [2.05, 4.69) is 27.1 Å². The molecule has 0 fully saturated rings. The quantitative estimate of drug-likeness (QED) is 0.725. The Kier molecular flexibility index (Phi) is 7.06. The number of hydrazone groups is 1. The van der Waals surface area contributed by atoms with Gasteiger partial charge in [0.05, 0.1) is 12.3 Å². The number of nitrogens with zero attached hydrogens (tertiary/aromatic N) is 2. The second kappa shape index (κ2) is 8.33. The van der Waals surface area contributed by atoms with Crippen molar-refractivity contribution in [3.63, 3.8) is 0 Å². The van der Waals surface area contributed by atoms with Crippen LogP contribution in [0.4, 0.5) is 0 Å². The van der Waals surface area contributed by atoms with Gasteiger partial charge in [0.1, 0.15) is 0 Å². The number of alkyl halides is 1. The van der Waals surface area contributed by atoms with Gasteiger partial charge in [0.15, 0.2) is 0 Å². The molecule has 0 spiro atoms. The van der Waals surface area contributed by atoms with Gasteiger partial charge in [-0.3, -0.25) is 5.01 Å². The van der Waals surface area contributed by atoms with Crippen molar-refractivity contribution in [2.24, 2.45) is 5.10 Å². The fourth-order valence-corrected chi connectivity index (χ4v) is 2.07. The Hall–Kier alpha value is -0.800. The predicted octanol–water partition coefficient (Wildman–Crippen LogP) is 4.84. The van der Waals surface area contributed by atoms with E-state index in [9.17, 15) is 0 Å². The fraction of sp³-hybridized carbons (Fsp3) is 0.357. The molecule has 0 amide bonds. The van der Waals surface area contributed by atoms with Gasteiger partial charge in [-0.05, 0) is 11.6 Å². The van der Waals surface area contributed by atoms with Crippen molar-refractivity contribution in [1.82, 2.24) is 5.01 Å². The molecule has 0 atom stereocenters. The lowest BCUT2D eigenvalue weighted by atomic mass is 10.2. The largest absolute Gasteiger partial charge is 0.269 e. The highest BCUT2D eigenvalue weighted by Crippen LogP contribution is 2.18. The summed E-state index contributed by atoms with van der Waals surface area (Å²) in [6, 6.07) is 7.85. The van der Waals surface area contributed by atoms with Crippen LogP contribution in [-0.4, -0.2) is 16.1 Å². The second-order valence-corrected chi connectivity index (χ2v) is 4.55. The Morgan fingerprint density at radius 3 is 2.72 bits per heavy atom. The molecule has 0 unspecified atom stereocenters. The summed E-state index contributed by atoms with van der Waals surface area (Å²) in [5.74, 6) is 0. The van der Waals surface area contributed by atoms with Gasteiger partial charge in [-0.25, -0.2) is 0 Å². The lowest BCUT2D eigenvalue weighted by molar-refractivity contribution is 0.385. The van der Waals surface area contributed by atoms with Gasteiger partial charge < -0.3 is 0 Å². The molecule has 0 aromatic heterocycles. The molecule has 98 valence electrons. The lowest BCUT2D eigenvalue weighted by Gasteiger charge is -2.20. The third kappa shape index (κ3) is 4.46. The van der Waals surface area contributed by atoms with Gasteiger partial charge in [0.2, 0.25) is 0 Å². The van der Waals surface area contributed by atoms with Gasteiger partial charge in [-0.2, -0.15) is 5.10 Å². The third-order valence-electron chi connectivity index (χ3n) is 2.35. The van der Waals surface area contributed by atoms with Crippen molar-refractivity contribution in [3.8, 4) is 0 Å². The number of hydrogen-bond donors (Lipinski definition) is 0. The minimum absolute atomic E-state index is 0.715. The number of hydrogen-bond acceptors (Lipinski definition) is 2. The number of halogens is 2. The molecule has 2 rings (SSSR count). The van der Waals surface area contributed by atoms with E-state index in [1.54, 1.807) is 0 Å². The number of rotatable bonds is 3. The molecular weight excluding hydrogens is 312 g/mol. The highest BCUT2D eigenvalue weighted by atomic mass is 79.9. The standard InChI is InChI=1S/C12H12BrClN2.C2H6/c13-8-11-5-3-7-16(15-11)9-10-4-1-2-6-12(10)14;1-2/h1-4,6-7H,5,8-9H2;1-2H3. The molecule has 4 heteroatoms. The fourth-order valence-electron chi connectivity index (χ4n) is 1.54. The van der Waals surface area contributed by atoms with Crippen LogP contribution in [0.25, 0.3) is 0 Å². The average Bonchev–Trinajstić information content (AvgIpc) is 2.44. The first kappa shape index (κ1) is 15.3. The van der Waals surface area contributed by atoms with E-state index in [1.807, 2.05) is 49.3 Å². The smallest absolute Gasteiger partial charge is 0.0673 e. The zero-order valence-corrected chi connectivity index (χ0v) is 13.1. The van der Waals surface area contributed by atoms with Crippen LogP contribution in [0, 0.1) is 0 Å². The molecule has 0 radical (unpaired) electrons. The van der Waals surface area contributed by atoms with Crippen molar-refractivity contribution >= 4 is 33.2 Å². The zero-order chi connectivity index (χ0) is 13.4. The summed E-state index contributed by atoms with van der Waals surface area (Å²) in [7, 11) is 0. The van der Waals surface area contributed by atoms with Crippen molar-refractivity contribution in [1.29, 1.82) is 0 Å². The summed E-state index contributed by atoms with van der Waals surface area (Å²) in [6.45, 7) is 4.71. The summed E-state index contributed by atoms with van der Waals surface area (Å²) in [5.41, 5.74) is 2.22. The first-order valence-corrected chi connectivity index (χ1v) is 7.58. The zero-order valence-electron chi connectivity index (χ0n) is 10.7. The van der Waals surface area contributed by atoms with Gasteiger partial charge in [0, 0.05) is 23.0 Å². The van der Waals surface area contributed by atoms with Gasteiger partial charge in [-0.15, -0.1) is 0 Å². The van der Waals surface area contributed by atoms with E-state index in [1.165, 1.54) is 0 Å². The van der Waals surface area contributed by atoms with Crippen LogP contribution in [0.3, 0.4) is 0 Å². The molecule has 2 nitrogen and oxygen atoms in total. The van der Waals surface area contributed by atoms with E-state index in [-0.39, 0.29) is 0 Å². The monoisotopic (exact) mass is 328 g/mol. The van der Waals surface area contributed by atoms with Gasteiger partial charge >= 0.3 is 0 Å². The Labute approximate surface area is 122 Å².